The second kappa shape index (κ2) is 4.67. The quantitative estimate of drug-likeness (QED) is 0.928. The van der Waals surface area contributed by atoms with Gasteiger partial charge in [0.1, 0.15) is 10.8 Å². The third kappa shape index (κ3) is 2.42. The lowest BCUT2D eigenvalue weighted by atomic mass is 10.2. The van der Waals surface area contributed by atoms with E-state index in [1.54, 1.807) is 0 Å². The van der Waals surface area contributed by atoms with E-state index in [0.717, 1.165) is 11.5 Å². The normalized spacial score (nSPS) is 10.1. The number of carbonyl (C=O) groups excluding carboxylic acids is 1. The lowest BCUT2D eigenvalue weighted by molar-refractivity contribution is 0.102. The van der Waals surface area contributed by atoms with Crippen LogP contribution in [-0.2, 0) is 0 Å². The minimum Gasteiger partial charge on any atom is -0.311 e. The molecule has 0 bridgehead atoms. The van der Waals surface area contributed by atoms with E-state index in [1.165, 1.54) is 24.4 Å². The van der Waals surface area contributed by atoms with Gasteiger partial charge in [0.2, 0.25) is 0 Å². The maximum absolute atomic E-state index is 12.9. The molecule has 1 aromatic carbocycles. The van der Waals surface area contributed by atoms with Crippen LogP contribution < -0.4 is 5.32 Å². The molecule has 0 radical (unpaired) electrons. The van der Waals surface area contributed by atoms with E-state index in [-0.39, 0.29) is 10.4 Å². The highest BCUT2D eigenvalue weighted by Crippen LogP contribution is 2.18. The molecule has 0 saturated heterocycles. The van der Waals surface area contributed by atoms with Crippen LogP contribution >= 0.6 is 27.5 Å². The van der Waals surface area contributed by atoms with Crippen molar-refractivity contribution in [2.75, 3.05) is 5.32 Å². The first-order valence-corrected chi connectivity index (χ1v) is 5.77. The fraction of sp³-hybridized carbons (Fsp3) is 0. The molecule has 7 heteroatoms. The maximum Gasteiger partial charge on any atom is 0.256 e. The van der Waals surface area contributed by atoms with Crippen LogP contribution in [0.25, 0.3) is 0 Å². The summed E-state index contributed by atoms with van der Waals surface area (Å²) < 4.78 is 16.8. The Hall–Kier alpha value is -1.34. The zero-order valence-electron chi connectivity index (χ0n) is 7.78. The van der Waals surface area contributed by atoms with Gasteiger partial charge in [0.15, 0.2) is 0 Å². The van der Waals surface area contributed by atoms with E-state index in [2.05, 4.69) is 30.8 Å². The van der Waals surface area contributed by atoms with Gasteiger partial charge in [-0.05, 0) is 34.1 Å². The van der Waals surface area contributed by atoms with Crippen molar-refractivity contribution in [1.29, 1.82) is 0 Å². The monoisotopic (exact) mass is 301 g/mol. The summed E-state index contributed by atoms with van der Waals surface area (Å²) in [6.45, 7) is 0. The van der Waals surface area contributed by atoms with Crippen LogP contribution in [0.3, 0.4) is 0 Å². The molecule has 0 saturated carbocycles. The molecule has 0 atom stereocenters. The van der Waals surface area contributed by atoms with Gasteiger partial charge in [-0.15, -0.1) is 5.10 Å². The van der Waals surface area contributed by atoms with Crippen molar-refractivity contribution in [3.63, 3.8) is 0 Å². The van der Waals surface area contributed by atoms with E-state index >= 15 is 0 Å². The van der Waals surface area contributed by atoms with Crippen molar-refractivity contribution >= 4 is 38.4 Å². The van der Waals surface area contributed by atoms with Gasteiger partial charge in [-0.3, -0.25) is 4.79 Å². The number of nitrogens with zero attached hydrogens (tertiary/aromatic N) is 2. The molecule has 0 aliphatic carbocycles. The zero-order valence-corrected chi connectivity index (χ0v) is 10.2. The molecule has 0 fully saturated rings. The molecule has 2 aromatic rings. The largest absolute Gasteiger partial charge is 0.311 e. The Balaban J connectivity index is 2.18. The van der Waals surface area contributed by atoms with Crippen molar-refractivity contribution in [2.45, 2.75) is 0 Å². The highest BCUT2D eigenvalue weighted by Gasteiger charge is 2.09. The summed E-state index contributed by atoms with van der Waals surface area (Å²) in [5, 5.41) is 6.73. The van der Waals surface area contributed by atoms with Gasteiger partial charge < -0.3 is 5.32 Å². The molecule has 82 valence electrons. The van der Waals surface area contributed by atoms with E-state index in [4.69, 9.17) is 0 Å². The van der Waals surface area contributed by atoms with Crippen molar-refractivity contribution < 1.29 is 9.18 Å². The number of hydrogen-bond donors (Lipinski definition) is 1. The van der Waals surface area contributed by atoms with Gasteiger partial charge in [-0.25, -0.2) is 4.39 Å². The number of anilines is 1. The van der Waals surface area contributed by atoms with Crippen LogP contribution in [0, 0.1) is 5.82 Å². The van der Waals surface area contributed by atoms with Crippen molar-refractivity contribution in [1.82, 2.24) is 9.59 Å². The van der Waals surface area contributed by atoms with Gasteiger partial charge in [-0.1, -0.05) is 4.49 Å². The van der Waals surface area contributed by atoms with Crippen molar-refractivity contribution in [2.24, 2.45) is 0 Å². The fourth-order valence-corrected chi connectivity index (χ4v) is 1.84. The van der Waals surface area contributed by atoms with E-state index in [0.29, 0.717) is 10.6 Å². The molecular weight excluding hydrogens is 297 g/mol. The smallest absolute Gasteiger partial charge is 0.256 e. The van der Waals surface area contributed by atoms with Gasteiger partial charge in [0, 0.05) is 17.1 Å². The molecule has 16 heavy (non-hydrogen) atoms. The third-order valence-corrected chi connectivity index (χ3v) is 2.97. The molecule has 4 nitrogen and oxygen atoms in total. The first-order chi connectivity index (χ1) is 7.66. The van der Waals surface area contributed by atoms with Crippen LogP contribution in [0.5, 0.6) is 0 Å². The van der Waals surface area contributed by atoms with Gasteiger partial charge in [0.05, 0.1) is 10.7 Å². The number of halogens is 2. The summed E-state index contributed by atoms with van der Waals surface area (Å²) in [4.78, 5) is 11.7. The Labute approximate surface area is 103 Å². The second-order valence-corrected chi connectivity index (χ2v) is 4.50. The molecule has 0 unspecified atom stereocenters. The summed E-state index contributed by atoms with van der Waals surface area (Å²) in [5.74, 6) is -0.734. The van der Waals surface area contributed by atoms with Crippen molar-refractivity contribution in [3.05, 3.63) is 40.2 Å². The number of carbonyl (C=O) groups is 1. The molecule has 1 amide bonds. The number of nitrogens with one attached hydrogen (secondary N) is 1. The van der Waals surface area contributed by atoms with Crippen LogP contribution in [0.4, 0.5) is 9.39 Å². The molecule has 0 aliphatic heterocycles. The Morgan fingerprint density at radius 1 is 1.50 bits per heavy atom. The van der Waals surface area contributed by atoms with E-state index < -0.39 is 5.82 Å². The van der Waals surface area contributed by atoms with Crippen LogP contribution in [0.2, 0.25) is 0 Å². The average molecular weight is 302 g/mol. The molecule has 2 rings (SSSR count). The lowest BCUT2D eigenvalue weighted by Crippen LogP contribution is -2.10. The molecule has 1 N–H and O–H groups in total. The third-order valence-electron chi connectivity index (χ3n) is 1.78. The highest BCUT2D eigenvalue weighted by molar-refractivity contribution is 9.10. The fourth-order valence-electron chi connectivity index (χ4n) is 1.04. The molecular formula is C9H5BrFN3OS. The van der Waals surface area contributed by atoms with Gasteiger partial charge in [-0.2, -0.15) is 0 Å². The summed E-state index contributed by atoms with van der Waals surface area (Å²) in [6.07, 6.45) is 1.45. The Morgan fingerprint density at radius 2 is 2.31 bits per heavy atom. The van der Waals surface area contributed by atoms with Crippen molar-refractivity contribution in [3.8, 4) is 0 Å². The summed E-state index contributed by atoms with van der Waals surface area (Å²) >= 11 is 4.09. The van der Waals surface area contributed by atoms with Gasteiger partial charge in [0.25, 0.3) is 5.91 Å². The first kappa shape index (κ1) is 11.2. The van der Waals surface area contributed by atoms with Crippen LogP contribution in [0.15, 0.2) is 28.9 Å². The number of rotatable bonds is 2. The Morgan fingerprint density at radius 3 is 2.94 bits per heavy atom. The number of amides is 1. The lowest BCUT2D eigenvalue weighted by Gasteiger charge is -2.02. The number of aromatic nitrogens is 2. The minimum absolute atomic E-state index is 0.252. The molecule has 0 aliphatic rings. The minimum atomic E-state index is -0.406. The number of benzene rings is 1. The van der Waals surface area contributed by atoms with E-state index in [9.17, 15) is 9.18 Å². The van der Waals surface area contributed by atoms with Crippen LogP contribution in [-0.4, -0.2) is 15.5 Å². The SMILES string of the molecule is O=C(Nc1cnns1)c1ccc(F)c(Br)c1. The topological polar surface area (TPSA) is 54.9 Å². The predicted octanol–water partition coefficient (Wildman–Crippen LogP) is 2.69. The summed E-state index contributed by atoms with van der Waals surface area (Å²) in [5.41, 5.74) is 0.363. The highest BCUT2D eigenvalue weighted by atomic mass is 79.9. The van der Waals surface area contributed by atoms with E-state index in [1.807, 2.05) is 0 Å². The summed E-state index contributed by atoms with van der Waals surface area (Å²) in [7, 11) is 0. The Bertz CT molecular complexity index is 517. The average Bonchev–Trinajstić information content (AvgIpc) is 2.74. The predicted molar refractivity (Wildman–Crippen MR) is 62.0 cm³/mol. The molecule has 1 aromatic heterocycles. The van der Waals surface area contributed by atoms with Gasteiger partial charge >= 0.3 is 0 Å². The molecule has 1 heterocycles. The second-order valence-electron chi connectivity index (χ2n) is 2.86. The Kier molecular flexibility index (Phi) is 3.25. The maximum atomic E-state index is 12.9. The number of hydrogen-bond acceptors (Lipinski definition) is 4. The van der Waals surface area contributed by atoms with Crippen LogP contribution in [0.1, 0.15) is 10.4 Å². The summed E-state index contributed by atoms with van der Waals surface area (Å²) in [6, 6.07) is 4.05. The standard InChI is InChI=1S/C9H5BrFN3OS/c10-6-3-5(1-2-7(6)11)9(15)13-8-4-12-14-16-8/h1-4H,(H,13,15). The molecule has 0 spiro atoms. The first-order valence-electron chi connectivity index (χ1n) is 4.20. The zero-order chi connectivity index (χ0) is 11.5.